The average molecular weight is 201 g/mol. The van der Waals surface area contributed by atoms with E-state index in [2.05, 4.69) is 53.7 Å². The first-order valence-electron chi connectivity index (χ1n) is 5.15. The highest BCUT2D eigenvalue weighted by molar-refractivity contribution is 5.56. The van der Waals surface area contributed by atoms with Gasteiger partial charge in [0, 0.05) is 11.6 Å². The molecule has 0 fully saturated rings. The Labute approximate surface area is 89.8 Å². The Morgan fingerprint density at radius 3 is 2.73 bits per heavy atom. The van der Waals surface area contributed by atoms with Crippen molar-refractivity contribution in [1.82, 2.24) is 14.8 Å². The van der Waals surface area contributed by atoms with Crippen LogP contribution in [0.25, 0.3) is 11.4 Å². The summed E-state index contributed by atoms with van der Waals surface area (Å²) in [5.41, 5.74) is 2.37. The fourth-order valence-electron chi connectivity index (χ4n) is 1.61. The van der Waals surface area contributed by atoms with Crippen LogP contribution in [0.2, 0.25) is 0 Å². The molecule has 78 valence electrons. The van der Waals surface area contributed by atoms with Crippen molar-refractivity contribution in [2.75, 3.05) is 0 Å². The smallest absolute Gasteiger partial charge is 0.163 e. The lowest BCUT2D eigenvalue weighted by atomic mass is 10.1. The molecule has 0 spiro atoms. The van der Waals surface area contributed by atoms with E-state index >= 15 is 0 Å². The van der Waals surface area contributed by atoms with Crippen LogP contribution < -0.4 is 0 Å². The molecule has 0 saturated heterocycles. The molecule has 0 bridgehead atoms. The number of hydrogen-bond acceptors (Lipinski definition) is 2. The van der Waals surface area contributed by atoms with Gasteiger partial charge in [-0.05, 0) is 26.8 Å². The van der Waals surface area contributed by atoms with E-state index in [-0.39, 0.29) is 0 Å². The number of aryl methyl sites for hydroxylation is 1. The van der Waals surface area contributed by atoms with Crippen LogP contribution >= 0.6 is 0 Å². The first-order valence-corrected chi connectivity index (χ1v) is 5.15. The zero-order valence-corrected chi connectivity index (χ0v) is 9.31. The third-order valence-electron chi connectivity index (χ3n) is 2.41. The Balaban J connectivity index is 2.49. The maximum atomic E-state index is 4.16. The van der Waals surface area contributed by atoms with Crippen molar-refractivity contribution < 1.29 is 0 Å². The van der Waals surface area contributed by atoms with Gasteiger partial charge in [-0.2, -0.15) is 0 Å². The van der Waals surface area contributed by atoms with E-state index in [1.807, 2.05) is 6.07 Å². The molecule has 2 rings (SSSR count). The van der Waals surface area contributed by atoms with Gasteiger partial charge in [0.05, 0.1) is 0 Å². The summed E-state index contributed by atoms with van der Waals surface area (Å²) in [4.78, 5) is 0. The Morgan fingerprint density at radius 1 is 1.27 bits per heavy atom. The first-order chi connectivity index (χ1) is 7.18. The molecule has 0 aliphatic carbocycles. The van der Waals surface area contributed by atoms with Gasteiger partial charge < -0.3 is 4.57 Å². The highest BCUT2D eigenvalue weighted by Gasteiger charge is 2.08. The highest BCUT2D eigenvalue weighted by atomic mass is 15.3. The monoisotopic (exact) mass is 201 g/mol. The SMILES string of the molecule is Cc1cccc(-c2nncn2C(C)C)c1. The van der Waals surface area contributed by atoms with Crippen LogP contribution in [-0.2, 0) is 0 Å². The van der Waals surface area contributed by atoms with Crippen LogP contribution in [0.4, 0.5) is 0 Å². The summed E-state index contributed by atoms with van der Waals surface area (Å²) in [5, 5.41) is 8.12. The van der Waals surface area contributed by atoms with Gasteiger partial charge in [0.1, 0.15) is 6.33 Å². The average Bonchev–Trinajstić information content (AvgIpc) is 2.65. The molecule has 0 saturated carbocycles. The van der Waals surface area contributed by atoms with Crippen molar-refractivity contribution in [3.63, 3.8) is 0 Å². The molecule has 0 amide bonds. The molecular formula is C12H15N3. The van der Waals surface area contributed by atoms with Crippen molar-refractivity contribution in [3.05, 3.63) is 36.2 Å². The summed E-state index contributed by atoms with van der Waals surface area (Å²) in [7, 11) is 0. The van der Waals surface area contributed by atoms with E-state index in [0.717, 1.165) is 11.4 Å². The molecule has 0 aliphatic heterocycles. The minimum Gasteiger partial charge on any atom is -0.311 e. The lowest BCUT2D eigenvalue weighted by molar-refractivity contribution is 0.604. The predicted molar refractivity (Wildman–Crippen MR) is 60.6 cm³/mol. The van der Waals surface area contributed by atoms with Crippen molar-refractivity contribution >= 4 is 0 Å². The molecule has 1 aromatic carbocycles. The van der Waals surface area contributed by atoms with Gasteiger partial charge in [-0.1, -0.05) is 23.8 Å². The van der Waals surface area contributed by atoms with Gasteiger partial charge >= 0.3 is 0 Å². The molecule has 1 aromatic heterocycles. The van der Waals surface area contributed by atoms with Gasteiger partial charge in [-0.25, -0.2) is 0 Å². The molecule has 1 heterocycles. The summed E-state index contributed by atoms with van der Waals surface area (Å²) in [6.07, 6.45) is 1.78. The van der Waals surface area contributed by atoms with Gasteiger partial charge in [-0.3, -0.25) is 0 Å². The van der Waals surface area contributed by atoms with Gasteiger partial charge in [0.2, 0.25) is 0 Å². The standard InChI is InChI=1S/C12H15N3/c1-9(2)15-8-13-14-12(15)11-6-4-5-10(3)7-11/h4-9H,1-3H3. The molecule has 0 unspecified atom stereocenters. The van der Waals surface area contributed by atoms with E-state index in [0.29, 0.717) is 6.04 Å². The normalized spacial score (nSPS) is 10.9. The van der Waals surface area contributed by atoms with Crippen LogP contribution in [0.1, 0.15) is 25.5 Å². The molecule has 0 N–H and O–H groups in total. The number of rotatable bonds is 2. The van der Waals surface area contributed by atoms with E-state index in [4.69, 9.17) is 0 Å². The van der Waals surface area contributed by atoms with E-state index in [1.54, 1.807) is 6.33 Å². The summed E-state index contributed by atoms with van der Waals surface area (Å²) < 4.78 is 2.08. The quantitative estimate of drug-likeness (QED) is 0.748. The molecule has 2 aromatic rings. The minimum absolute atomic E-state index is 0.385. The molecular weight excluding hydrogens is 186 g/mol. The van der Waals surface area contributed by atoms with Gasteiger partial charge in [-0.15, -0.1) is 10.2 Å². The van der Waals surface area contributed by atoms with Gasteiger partial charge in [0.25, 0.3) is 0 Å². The summed E-state index contributed by atoms with van der Waals surface area (Å²) in [6.45, 7) is 6.34. The van der Waals surface area contributed by atoms with Crippen molar-refractivity contribution in [2.45, 2.75) is 26.8 Å². The third-order valence-corrected chi connectivity index (χ3v) is 2.41. The lowest BCUT2D eigenvalue weighted by Gasteiger charge is -2.10. The fraction of sp³-hybridized carbons (Fsp3) is 0.333. The second kappa shape index (κ2) is 3.85. The Kier molecular flexibility index (Phi) is 2.54. The fourth-order valence-corrected chi connectivity index (χ4v) is 1.61. The van der Waals surface area contributed by atoms with Crippen molar-refractivity contribution in [2.24, 2.45) is 0 Å². The number of aromatic nitrogens is 3. The second-order valence-corrected chi connectivity index (χ2v) is 4.03. The number of nitrogens with zero attached hydrogens (tertiary/aromatic N) is 3. The Morgan fingerprint density at radius 2 is 2.07 bits per heavy atom. The second-order valence-electron chi connectivity index (χ2n) is 4.03. The van der Waals surface area contributed by atoms with Crippen LogP contribution in [-0.4, -0.2) is 14.8 Å². The third kappa shape index (κ3) is 1.91. The lowest BCUT2D eigenvalue weighted by Crippen LogP contribution is -2.01. The Bertz CT molecular complexity index is 457. The zero-order chi connectivity index (χ0) is 10.8. The van der Waals surface area contributed by atoms with E-state index < -0.39 is 0 Å². The van der Waals surface area contributed by atoms with Crippen LogP contribution in [0.15, 0.2) is 30.6 Å². The predicted octanol–water partition coefficient (Wildman–Crippen LogP) is 2.83. The molecule has 0 radical (unpaired) electrons. The van der Waals surface area contributed by atoms with Crippen molar-refractivity contribution in [1.29, 1.82) is 0 Å². The molecule has 3 nitrogen and oxygen atoms in total. The summed E-state index contributed by atoms with van der Waals surface area (Å²) in [5.74, 6) is 0.939. The van der Waals surface area contributed by atoms with E-state index in [1.165, 1.54) is 5.56 Å². The van der Waals surface area contributed by atoms with Gasteiger partial charge in [0.15, 0.2) is 5.82 Å². The molecule has 15 heavy (non-hydrogen) atoms. The number of benzene rings is 1. The Hall–Kier alpha value is -1.64. The topological polar surface area (TPSA) is 30.7 Å². The van der Waals surface area contributed by atoms with Crippen LogP contribution in [0.5, 0.6) is 0 Å². The summed E-state index contributed by atoms with van der Waals surface area (Å²) in [6, 6.07) is 8.71. The van der Waals surface area contributed by atoms with Crippen molar-refractivity contribution in [3.8, 4) is 11.4 Å². The molecule has 0 atom stereocenters. The largest absolute Gasteiger partial charge is 0.311 e. The first kappa shape index (κ1) is 9.90. The molecule has 0 aliphatic rings. The summed E-state index contributed by atoms with van der Waals surface area (Å²) >= 11 is 0. The minimum atomic E-state index is 0.385. The van der Waals surface area contributed by atoms with E-state index in [9.17, 15) is 0 Å². The number of hydrogen-bond donors (Lipinski definition) is 0. The maximum Gasteiger partial charge on any atom is 0.163 e. The molecule has 3 heteroatoms. The maximum absolute atomic E-state index is 4.16. The van der Waals surface area contributed by atoms with Crippen LogP contribution in [0, 0.1) is 6.92 Å². The zero-order valence-electron chi connectivity index (χ0n) is 9.31. The highest BCUT2D eigenvalue weighted by Crippen LogP contribution is 2.20. The van der Waals surface area contributed by atoms with Crippen LogP contribution in [0.3, 0.4) is 0 Å².